The van der Waals surface area contributed by atoms with Crippen LogP contribution in [0.4, 0.5) is 0 Å². The summed E-state index contributed by atoms with van der Waals surface area (Å²) in [6.45, 7) is 2.31. The van der Waals surface area contributed by atoms with Crippen LogP contribution in [0.25, 0.3) is 0 Å². The van der Waals surface area contributed by atoms with E-state index < -0.39 is 0 Å². The fraction of sp³-hybridized carbons (Fsp3) is 0.684. The maximum atomic E-state index is 5.39. The Labute approximate surface area is 129 Å². The van der Waals surface area contributed by atoms with Crippen molar-refractivity contribution in [2.45, 2.75) is 70.4 Å². The van der Waals surface area contributed by atoms with E-state index in [2.05, 4.69) is 30.4 Å². The predicted molar refractivity (Wildman–Crippen MR) is 87.8 cm³/mol. The number of aryl methyl sites for hydroxylation is 1. The third-order valence-corrected chi connectivity index (χ3v) is 5.41. The molecule has 0 spiro atoms. The van der Waals surface area contributed by atoms with Gasteiger partial charge in [-0.15, -0.1) is 0 Å². The fourth-order valence-corrected chi connectivity index (χ4v) is 4.19. The number of benzene rings is 1. The summed E-state index contributed by atoms with van der Waals surface area (Å²) in [6.07, 6.45) is 10.8. The fourth-order valence-electron chi connectivity index (χ4n) is 4.19. The van der Waals surface area contributed by atoms with Crippen molar-refractivity contribution in [2.75, 3.05) is 7.11 Å². The number of hydrogen-bond acceptors (Lipinski definition) is 2. The zero-order valence-corrected chi connectivity index (χ0v) is 13.5. The van der Waals surface area contributed by atoms with Crippen LogP contribution < -0.4 is 10.1 Å². The smallest absolute Gasteiger partial charge is 0.119 e. The Hall–Kier alpha value is -1.02. The molecular formula is C19H29NO. The molecule has 2 aliphatic carbocycles. The Morgan fingerprint density at radius 1 is 1.14 bits per heavy atom. The summed E-state index contributed by atoms with van der Waals surface area (Å²) in [7, 11) is 1.76. The molecule has 1 aromatic rings. The van der Waals surface area contributed by atoms with E-state index in [9.17, 15) is 0 Å². The minimum absolute atomic E-state index is 0.544. The summed E-state index contributed by atoms with van der Waals surface area (Å²) >= 11 is 0. The number of rotatable bonds is 5. The number of fused-ring (bicyclic) bond motifs is 1. The summed E-state index contributed by atoms with van der Waals surface area (Å²) < 4.78 is 5.39. The first-order chi connectivity index (χ1) is 10.3. The average molecular weight is 287 g/mol. The van der Waals surface area contributed by atoms with Crippen LogP contribution in [-0.4, -0.2) is 13.2 Å². The van der Waals surface area contributed by atoms with Crippen molar-refractivity contribution in [2.24, 2.45) is 5.92 Å². The van der Waals surface area contributed by atoms with Gasteiger partial charge < -0.3 is 10.1 Å². The van der Waals surface area contributed by atoms with E-state index in [-0.39, 0.29) is 0 Å². The molecule has 0 bridgehead atoms. The van der Waals surface area contributed by atoms with Crippen LogP contribution in [0.5, 0.6) is 5.75 Å². The van der Waals surface area contributed by atoms with Crippen LogP contribution >= 0.6 is 0 Å². The first-order valence-electron chi connectivity index (χ1n) is 8.73. The van der Waals surface area contributed by atoms with Crippen molar-refractivity contribution in [3.8, 4) is 5.75 Å². The van der Waals surface area contributed by atoms with Gasteiger partial charge in [-0.2, -0.15) is 0 Å². The number of ether oxygens (including phenoxy) is 1. The highest BCUT2D eigenvalue weighted by molar-refractivity contribution is 5.40. The molecule has 2 aliphatic rings. The summed E-state index contributed by atoms with van der Waals surface area (Å²) in [4.78, 5) is 0. The maximum absolute atomic E-state index is 5.39. The predicted octanol–water partition coefficient (Wildman–Crippen LogP) is 4.63. The summed E-state index contributed by atoms with van der Waals surface area (Å²) in [5.74, 6) is 1.98. The maximum Gasteiger partial charge on any atom is 0.119 e. The number of methoxy groups -OCH3 is 1. The van der Waals surface area contributed by atoms with E-state index in [4.69, 9.17) is 4.74 Å². The van der Waals surface area contributed by atoms with Crippen LogP contribution in [0.15, 0.2) is 18.2 Å². The van der Waals surface area contributed by atoms with E-state index in [1.165, 1.54) is 62.5 Å². The lowest BCUT2D eigenvalue weighted by molar-refractivity contribution is 0.262. The van der Waals surface area contributed by atoms with Gasteiger partial charge in [0.2, 0.25) is 0 Å². The van der Waals surface area contributed by atoms with Gasteiger partial charge in [-0.25, -0.2) is 0 Å². The Morgan fingerprint density at radius 2 is 1.95 bits per heavy atom. The van der Waals surface area contributed by atoms with Gasteiger partial charge in [-0.1, -0.05) is 25.8 Å². The molecule has 1 N–H and O–H groups in total. The molecule has 1 saturated carbocycles. The molecule has 0 radical (unpaired) electrons. The first kappa shape index (κ1) is 14.9. The quantitative estimate of drug-likeness (QED) is 0.852. The molecule has 21 heavy (non-hydrogen) atoms. The van der Waals surface area contributed by atoms with E-state index in [0.717, 1.165) is 17.7 Å². The van der Waals surface area contributed by atoms with Gasteiger partial charge in [0.1, 0.15) is 5.75 Å². The van der Waals surface area contributed by atoms with Crippen LogP contribution in [0.3, 0.4) is 0 Å². The second-order valence-electron chi connectivity index (χ2n) is 6.83. The van der Waals surface area contributed by atoms with Crippen molar-refractivity contribution in [1.29, 1.82) is 0 Å². The highest BCUT2D eigenvalue weighted by Crippen LogP contribution is 2.36. The molecule has 0 aliphatic heterocycles. The second kappa shape index (κ2) is 6.83. The van der Waals surface area contributed by atoms with Crippen molar-refractivity contribution in [1.82, 2.24) is 5.32 Å². The third-order valence-electron chi connectivity index (χ3n) is 5.41. The second-order valence-corrected chi connectivity index (χ2v) is 6.83. The van der Waals surface area contributed by atoms with Crippen LogP contribution in [-0.2, 0) is 6.42 Å². The highest BCUT2D eigenvalue weighted by atomic mass is 16.5. The molecule has 2 nitrogen and oxygen atoms in total. The lowest BCUT2D eigenvalue weighted by atomic mass is 9.83. The summed E-state index contributed by atoms with van der Waals surface area (Å²) in [5, 5.41) is 3.93. The van der Waals surface area contributed by atoms with Crippen LogP contribution in [0.2, 0.25) is 0 Å². The third kappa shape index (κ3) is 3.42. The topological polar surface area (TPSA) is 21.3 Å². The summed E-state index contributed by atoms with van der Waals surface area (Å²) in [6, 6.07) is 7.84. The largest absolute Gasteiger partial charge is 0.497 e. The number of nitrogens with one attached hydrogen (secondary N) is 1. The molecule has 0 aromatic heterocycles. The molecule has 3 rings (SSSR count). The van der Waals surface area contributed by atoms with E-state index in [1.807, 2.05) is 0 Å². The first-order valence-corrected chi connectivity index (χ1v) is 8.73. The van der Waals surface area contributed by atoms with Gasteiger partial charge >= 0.3 is 0 Å². The monoisotopic (exact) mass is 287 g/mol. The highest BCUT2D eigenvalue weighted by Gasteiger charge is 2.27. The van der Waals surface area contributed by atoms with Crippen LogP contribution in [0.1, 0.15) is 69.0 Å². The van der Waals surface area contributed by atoms with Gasteiger partial charge in [-0.3, -0.25) is 0 Å². The molecule has 116 valence electrons. The lowest BCUT2D eigenvalue weighted by Gasteiger charge is -2.31. The van der Waals surface area contributed by atoms with Crippen molar-refractivity contribution < 1.29 is 4.74 Å². The van der Waals surface area contributed by atoms with Crippen molar-refractivity contribution in [3.63, 3.8) is 0 Å². The summed E-state index contributed by atoms with van der Waals surface area (Å²) in [5.41, 5.74) is 2.98. The zero-order chi connectivity index (χ0) is 14.7. The minimum atomic E-state index is 0.544. The van der Waals surface area contributed by atoms with E-state index >= 15 is 0 Å². The van der Waals surface area contributed by atoms with Gasteiger partial charge in [0.05, 0.1) is 7.11 Å². The van der Waals surface area contributed by atoms with Gasteiger partial charge in [0.25, 0.3) is 0 Å². The minimum Gasteiger partial charge on any atom is -0.497 e. The SMILES string of the molecule is CCCC1CCC(NC2CCc3ccc(OC)cc32)CC1. The zero-order valence-electron chi connectivity index (χ0n) is 13.5. The van der Waals surface area contributed by atoms with E-state index in [1.54, 1.807) is 7.11 Å². The normalized spacial score (nSPS) is 28.4. The average Bonchev–Trinajstić information content (AvgIpc) is 2.92. The molecule has 1 atom stereocenters. The van der Waals surface area contributed by atoms with Gasteiger partial charge in [0, 0.05) is 12.1 Å². The molecule has 0 saturated heterocycles. The van der Waals surface area contributed by atoms with Gasteiger partial charge in [-0.05, 0) is 67.7 Å². The molecule has 2 heteroatoms. The molecule has 1 unspecified atom stereocenters. The Morgan fingerprint density at radius 3 is 2.67 bits per heavy atom. The molecule has 0 heterocycles. The Bertz CT molecular complexity index is 463. The molecular weight excluding hydrogens is 258 g/mol. The van der Waals surface area contributed by atoms with Gasteiger partial charge in [0.15, 0.2) is 0 Å². The van der Waals surface area contributed by atoms with E-state index in [0.29, 0.717) is 6.04 Å². The standard InChI is InChI=1S/C19H29NO/c1-3-4-14-5-9-16(10-6-14)20-19-12-8-15-7-11-17(21-2)13-18(15)19/h7,11,13-14,16,19-20H,3-6,8-10,12H2,1-2H3. The molecule has 0 amide bonds. The Balaban J connectivity index is 1.58. The van der Waals surface area contributed by atoms with Crippen molar-refractivity contribution >= 4 is 0 Å². The molecule has 1 fully saturated rings. The molecule has 1 aromatic carbocycles. The number of hydrogen-bond donors (Lipinski definition) is 1. The van der Waals surface area contributed by atoms with Crippen molar-refractivity contribution in [3.05, 3.63) is 29.3 Å². The lowest BCUT2D eigenvalue weighted by Crippen LogP contribution is -2.35. The van der Waals surface area contributed by atoms with Crippen LogP contribution in [0, 0.1) is 5.92 Å². The Kier molecular flexibility index (Phi) is 4.84.